The smallest absolute Gasteiger partial charge is 0.272 e. The van der Waals surface area contributed by atoms with Crippen LogP contribution in [0.5, 0.6) is 0 Å². The molecule has 2 aliphatic carbocycles. The first-order valence-corrected chi connectivity index (χ1v) is 7.68. The van der Waals surface area contributed by atoms with Crippen molar-refractivity contribution < 1.29 is 4.79 Å². The van der Waals surface area contributed by atoms with E-state index in [1.54, 1.807) is 0 Å². The molecule has 20 heavy (non-hydrogen) atoms. The van der Waals surface area contributed by atoms with Gasteiger partial charge in [-0.1, -0.05) is 13.8 Å². The molecule has 0 unspecified atom stereocenters. The van der Waals surface area contributed by atoms with Crippen LogP contribution in [-0.4, -0.2) is 23.5 Å². The molecule has 1 amide bonds. The summed E-state index contributed by atoms with van der Waals surface area (Å²) >= 11 is 0. The van der Waals surface area contributed by atoms with Gasteiger partial charge in [-0.05, 0) is 49.1 Å². The molecule has 0 atom stereocenters. The first-order chi connectivity index (χ1) is 9.63. The highest BCUT2D eigenvalue weighted by molar-refractivity contribution is 5.97. The lowest BCUT2D eigenvalue weighted by atomic mass is 10.1. The van der Waals surface area contributed by atoms with E-state index in [1.807, 2.05) is 6.20 Å². The Balaban J connectivity index is 1.78. The summed E-state index contributed by atoms with van der Waals surface area (Å²) < 4.78 is 0. The van der Waals surface area contributed by atoms with E-state index in [9.17, 15) is 4.79 Å². The Morgan fingerprint density at radius 2 is 2.10 bits per heavy atom. The highest BCUT2D eigenvalue weighted by atomic mass is 16.1. The zero-order chi connectivity index (χ0) is 14.1. The third-order valence-corrected chi connectivity index (χ3v) is 3.78. The van der Waals surface area contributed by atoms with E-state index >= 15 is 0 Å². The topological polar surface area (TPSA) is 54.0 Å². The van der Waals surface area contributed by atoms with Crippen LogP contribution in [0.1, 0.15) is 61.5 Å². The number of hydrogen-bond acceptors (Lipinski definition) is 3. The number of anilines is 1. The van der Waals surface area contributed by atoms with Crippen molar-refractivity contribution in [2.75, 3.05) is 11.9 Å². The maximum absolute atomic E-state index is 12.3. The van der Waals surface area contributed by atoms with Crippen LogP contribution in [0.3, 0.4) is 0 Å². The van der Waals surface area contributed by atoms with Gasteiger partial charge in [0.15, 0.2) is 5.69 Å². The van der Waals surface area contributed by atoms with E-state index in [0.717, 1.165) is 5.69 Å². The van der Waals surface area contributed by atoms with Crippen molar-refractivity contribution in [1.82, 2.24) is 10.3 Å². The van der Waals surface area contributed by atoms with Crippen LogP contribution in [0.25, 0.3) is 0 Å². The van der Waals surface area contributed by atoms with Crippen LogP contribution in [0.2, 0.25) is 0 Å². The predicted molar refractivity (Wildman–Crippen MR) is 80.0 cm³/mol. The number of nitrogens with zero attached hydrogens (tertiary/aromatic N) is 1. The number of amides is 1. The van der Waals surface area contributed by atoms with Crippen molar-refractivity contribution in [2.24, 2.45) is 5.92 Å². The Morgan fingerprint density at radius 1 is 1.35 bits per heavy atom. The highest BCUT2D eigenvalue weighted by Crippen LogP contribution is 2.41. The van der Waals surface area contributed by atoms with Gasteiger partial charge in [-0.2, -0.15) is 0 Å². The minimum absolute atomic E-state index is 0.0656. The summed E-state index contributed by atoms with van der Waals surface area (Å²) in [5.41, 5.74) is 2.73. The van der Waals surface area contributed by atoms with Crippen molar-refractivity contribution in [3.8, 4) is 0 Å². The van der Waals surface area contributed by atoms with Gasteiger partial charge in [0, 0.05) is 18.8 Å². The van der Waals surface area contributed by atoms with E-state index < -0.39 is 0 Å². The molecule has 0 bridgehead atoms. The maximum atomic E-state index is 12.3. The molecule has 2 fully saturated rings. The lowest BCUT2D eigenvalue weighted by Gasteiger charge is -2.13. The standard InChI is InChI=1S/C16H23N3O/c1-10(2)8-18-16(20)15-14(19-13-5-6-13)7-12(9-17-15)11-3-4-11/h7,9-11,13,19H,3-6,8H2,1-2H3,(H,18,20). The average molecular weight is 273 g/mol. The Bertz CT molecular complexity index is 504. The number of carbonyl (C=O) groups excluding carboxylic acids is 1. The number of carbonyl (C=O) groups is 1. The fourth-order valence-corrected chi connectivity index (χ4v) is 2.24. The van der Waals surface area contributed by atoms with Crippen LogP contribution in [-0.2, 0) is 0 Å². The van der Waals surface area contributed by atoms with Crippen LogP contribution in [0.4, 0.5) is 5.69 Å². The molecule has 1 aromatic heterocycles. The summed E-state index contributed by atoms with van der Waals surface area (Å²) in [7, 11) is 0. The predicted octanol–water partition coefficient (Wildman–Crippen LogP) is 2.92. The van der Waals surface area contributed by atoms with Gasteiger partial charge in [0.2, 0.25) is 0 Å². The molecule has 4 nitrogen and oxygen atoms in total. The Kier molecular flexibility index (Phi) is 3.64. The lowest BCUT2D eigenvalue weighted by Crippen LogP contribution is -2.29. The van der Waals surface area contributed by atoms with Gasteiger partial charge in [-0.3, -0.25) is 4.79 Å². The van der Waals surface area contributed by atoms with Crippen LogP contribution < -0.4 is 10.6 Å². The van der Waals surface area contributed by atoms with Crippen molar-refractivity contribution in [2.45, 2.75) is 51.5 Å². The normalized spacial score (nSPS) is 18.1. The second-order valence-electron chi connectivity index (χ2n) is 6.46. The van der Waals surface area contributed by atoms with Gasteiger partial charge < -0.3 is 10.6 Å². The fraction of sp³-hybridized carbons (Fsp3) is 0.625. The Labute approximate surface area is 120 Å². The van der Waals surface area contributed by atoms with E-state index in [4.69, 9.17) is 0 Å². The summed E-state index contributed by atoms with van der Waals surface area (Å²) in [6.45, 7) is 4.87. The summed E-state index contributed by atoms with van der Waals surface area (Å²) in [5, 5.41) is 6.41. The van der Waals surface area contributed by atoms with Crippen LogP contribution in [0.15, 0.2) is 12.3 Å². The number of hydrogen-bond donors (Lipinski definition) is 2. The second kappa shape index (κ2) is 5.43. The van der Waals surface area contributed by atoms with E-state index in [2.05, 4.69) is 35.5 Å². The molecule has 1 heterocycles. The summed E-state index contributed by atoms with van der Waals surface area (Å²) in [4.78, 5) is 16.7. The summed E-state index contributed by atoms with van der Waals surface area (Å²) in [5.74, 6) is 1.05. The summed E-state index contributed by atoms with van der Waals surface area (Å²) in [6.07, 6.45) is 6.77. The minimum Gasteiger partial charge on any atom is -0.380 e. The Hall–Kier alpha value is -1.58. The van der Waals surface area contributed by atoms with Gasteiger partial charge in [-0.25, -0.2) is 4.98 Å². The molecule has 0 spiro atoms. The molecule has 0 aliphatic heterocycles. The molecule has 2 aliphatic rings. The van der Waals surface area contributed by atoms with Crippen molar-refractivity contribution in [3.63, 3.8) is 0 Å². The van der Waals surface area contributed by atoms with Gasteiger partial charge >= 0.3 is 0 Å². The zero-order valence-electron chi connectivity index (χ0n) is 12.3. The third kappa shape index (κ3) is 3.30. The number of pyridine rings is 1. The fourth-order valence-electron chi connectivity index (χ4n) is 2.24. The van der Waals surface area contributed by atoms with Gasteiger partial charge in [0.1, 0.15) is 0 Å². The molecule has 2 N–H and O–H groups in total. The van der Waals surface area contributed by atoms with Gasteiger partial charge in [-0.15, -0.1) is 0 Å². The van der Waals surface area contributed by atoms with E-state index in [0.29, 0.717) is 30.1 Å². The molecular weight excluding hydrogens is 250 g/mol. The summed E-state index contributed by atoms with van der Waals surface area (Å²) in [6, 6.07) is 2.66. The van der Waals surface area contributed by atoms with Crippen molar-refractivity contribution in [1.29, 1.82) is 0 Å². The quantitative estimate of drug-likeness (QED) is 0.838. The Morgan fingerprint density at radius 3 is 2.70 bits per heavy atom. The largest absolute Gasteiger partial charge is 0.380 e. The van der Waals surface area contributed by atoms with Crippen molar-refractivity contribution in [3.05, 3.63) is 23.5 Å². The van der Waals surface area contributed by atoms with Crippen molar-refractivity contribution >= 4 is 11.6 Å². The maximum Gasteiger partial charge on any atom is 0.272 e. The average Bonchev–Trinajstić information content (AvgIpc) is 3.27. The molecule has 108 valence electrons. The molecule has 1 aromatic rings. The molecule has 4 heteroatoms. The molecule has 3 rings (SSSR count). The van der Waals surface area contributed by atoms with Crippen LogP contribution >= 0.6 is 0 Å². The van der Waals surface area contributed by atoms with E-state index in [1.165, 1.54) is 31.2 Å². The van der Waals surface area contributed by atoms with E-state index in [-0.39, 0.29) is 5.91 Å². The molecule has 0 saturated heterocycles. The highest BCUT2D eigenvalue weighted by Gasteiger charge is 2.28. The monoisotopic (exact) mass is 273 g/mol. The number of rotatable bonds is 6. The van der Waals surface area contributed by atoms with Gasteiger partial charge in [0.05, 0.1) is 5.69 Å². The first kappa shape index (κ1) is 13.4. The lowest BCUT2D eigenvalue weighted by molar-refractivity contribution is 0.0945. The molecular formula is C16H23N3O. The number of aromatic nitrogens is 1. The van der Waals surface area contributed by atoms with Gasteiger partial charge in [0.25, 0.3) is 5.91 Å². The molecule has 0 aromatic carbocycles. The zero-order valence-corrected chi connectivity index (χ0v) is 12.3. The SMILES string of the molecule is CC(C)CNC(=O)c1ncc(C2CC2)cc1NC1CC1. The molecule has 2 saturated carbocycles. The van der Waals surface area contributed by atoms with Crippen LogP contribution in [0, 0.1) is 5.92 Å². The minimum atomic E-state index is -0.0656. The third-order valence-electron chi connectivity index (χ3n) is 3.78. The first-order valence-electron chi connectivity index (χ1n) is 7.68. The number of nitrogens with one attached hydrogen (secondary N) is 2. The molecule has 0 radical (unpaired) electrons. The second-order valence-corrected chi connectivity index (χ2v) is 6.46.